The number of carbonyl (C=O) groups excluding carboxylic acids is 1. The van der Waals surface area contributed by atoms with E-state index in [0.717, 1.165) is 5.56 Å². The fraction of sp³-hybridized carbons (Fsp3) is 0.300. The van der Waals surface area contributed by atoms with Gasteiger partial charge < -0.3 is 15.6 Å². The molecule has 0 radical (unpaired) electrons. The van der Waals surface area contributed by atoms with E-state index in [1.54, 1.807) is 12.1 Å². The van der Waals surface area contributed by atoms with Crippen LogP contribution in [0.15, 0.2) is 18.2 Å². The molecule has 4 heteroatoms. The van der Waals surface area contributed by atoms with Gasteiger partial charge in [0, 0.05) is 0 Å². The number of benzene rings is 1. The lowest BCUT2D eigenvalue weighted by molar-refractivity contribution is 0.0994. The second-order valence-electron chi connectivity index (χ2n) is 2.94. The van der Waals surface area contributed by atoms with Crippen LogP contribution in [0.4, 0.5) is 0 Å². The summed E-state index contributed by atoms with van der Waals surface area (Å²) in [5, 5.41) is 8.57. The average Bonchev–Trinajstić information content (AvgIpc) is 2.15. The summed E-state index contributed by atoms with van der Waals surface area (Å²) in [6.07, 6.45) is 0. The van der Waals surface area contributed by atoms with Crippen LogP contribution in [0.2, 0.25) is 0 Å². The fourth-order valence-corrected chi connectivity index (χ4v) is 1.12. The van der Waals surface area contributed by atoms with E-state index in [-0.39, 0.29) is 13.2 Å². The summed E-state index contributed by atoms with van der Waals surface area (Å²) in [5.74, 6) is -0.112. The first kappa shape index (κ1) is 10.5. The Morgan fingerprint density at radius 3 is 2.86 bits per heavy atom. The van der Waals surface area contributed by atoms with Gasteiger partial charge in [0.2, 0.25) is 0 Å². The zero-order valence-corrected chi connectivity index (χ0v) is 7.99. The normalized spacial score (nSPS) is 9.86. The molecule has 0 atom stereocenters. The van der Waals surface area contributed by atoms with Crippen molar-refractivity contribution < 1.29 is 14.6 Å². The summed E-state index contributed by atoms with van der Waals surface area (Å²) in [7, 11) is 0. The van der Waals surface area contributed by atoms with E-state index >= 15 is 0 Å². The van der Waals surface area contributed by atoms with E-state index in [0.29, 0.717) is 11.3 Å². The van der Waals surface area contributed by atoms with Crippen LogP contribution < -0.4 is 10.5 Å². The second-order valence-corrected chi connectivity index (χ2v) is 2.94. The Balaban J connectivity index is 2.96. The summed E-state index contributed by atoms with van der Waals surface area (Å²) >= 11 is 0. The molecule has 0 aliphatic carbocycles. The van der Waals surface area contributed by atoms with Crippen molar-refractivity contribution in [2.24, 2.45) is 5.73 Å². The minimum Gasteiger partial charge on any atom is -0.490 e. The van der Waals surface area contributed by atoms with Gasteiger partial charge in [0.05, 0.1) is 12.2 Å². The smallest absolute Gasteiger partial charge is 0.252 e. The molecular formula is C10H13NO3. The van der Waals surface area contributed by atoms with Crippen LogP contribution in [-0.4, -0.2) is 24.2 Å². The van der Waals surface area contributed by atoms with Gasteiger partial charge in [-0.05, 0) is 19.1 Å². The standard InChI is InChI=1S/C10H13NO3/c1-7-2-3-9(14-5-4-12)8(6-7)10(11)13/h2-3,6,12H,4-5H2,1H3,(H2,11,13). The summed E-state index contributed by atoms with van der Waals surface area (Å²) in [5.41, 5.74) is 6.46. The largest absolute Gasteiger partial charge is 0.490 e. The first-order chi connectivity index (χ1) is 6.65. The monoisotopic (exact) mass is 195 g/mol. The maximum absolute atomic E-state index is 11.0. The Kier molecular flexibility index (Phi) is 3.48. The third-order valence-electron chi connectivity index (χ3n) is 1.75. The summed E-state index contributed by atoms with van der Waals surface area (Å²) in [6, 6.07) is 5.15. The lowest BCUT2D eigenvalue weighted by Crippen LogP contribution is -2.14. The first-order valence-electron chi connectivity index (χ1n) is 4.29. The highest BCUT2D eigenvalue weighted by molar-refractivity contribution is 5.95. The summed E-state index contributed by atoms with van der Waals surface area (Å²) in [4.78, 5) is 11.0. The van der Waals surface area contributed by atoms with E-state index in [2.05, 4.69) is 0 Å². The van der Waals surface area contributed by atoms with Crippen molar-refractivity contribution >= 4 is 5.91 Å². The number of hydrogen-bond acceptors (Lipinski definition) is 3. The Hall–Kier alpha value is -1.55. The zero-order chi connectivity index (χ0) is 10.6. The molecule has 4 nitrogen and oxygen atoms in total. The van der Waals surface area contributed by atoms with E-state index in [1.807, 2.05) is 13.0 Å². The highest BCUT2D eigenvalue weighted by Gasteiger charge is 2.08. The molecule has 1 aromatic rings. The Labute approximate surface area is 82.3 Å². The van der Waals surface area contributed by atoms with E-state index in [9.17, 15) is 4.79 Å². The lowest BCUT2D eigenvalue weighted by atomic mass is 10.1. The van der Waals surface area contributed by atoms with Gasteiger partial charge in [-0.1, -0.05) is 11.6 Å². The van der Waals surface area contributed by atoms with Crippen LogP contribution in [0.3, 0.4) is 0 Å². The van der Waals surface area contributed by atoms with Crippen molar-refractivity contribution in [2.45, 2.75) is 6.92 Å². The van der Waals surface area contributed by atoms with E-state index in [1.165, 1.54) is 0 Å². The highest BCUT2D eigenvalue weighted by atomic mass is 16.5. The quantitative estimate of drug-likeness (QED) is 0.733. The van der Waals surface area contributed by atoms with Crippen molar-refractivity contribution in [3.63, 3.8) is 0 Å². The predicted octanol–water partition coefficient (Wildman–Crippen LogP) is 0.465. The molecule has 0 saturated heterocycles. The van der Waals surface area contributed by atoms with Gasteiger partial charge in [-0.15, -0.1) is 0 Å². The Bertz CT molecular complexity index is 336. The van der Waals surface area contributed by atoms with Crippen LogP contribution in [0.5, 0.6) is 5.75 Å². The van der Waals surface area contributed by atoms with Gasteiger partial charge in [0.25, 0.3) is 5.91 Å². The number of aliphatic hydroxyl groups is 1. The van der Waals surface area contributed by atoms with Crippen molar-refractivity contribution in [3.05, 3.63) is 29.3 Å². The van der Waals surface area contributed by atoms with Gasteiger partial charge in [0.1, 0.15) is 12.4 Å². The third kappa shape index (κ3) is 2.47. The summed E-state index contributed by atoms with van der Waals surface area (Å²) < 4.78 is 5.15. The number of primary amides is 1. The number of aryl methyl sites for hydroxylation is 1. The molecule has 0 fully saturated rings. The van der Waals surface area contributed by atoms with Gasteiger partial charge >= 0.3 is 0 Å². The zero-order valence-electron chi connectivity index (χ0n) is 7.99. The molecular weight excluding hydrogens is 182 g/mol. The molecule has 0 saturated carbocycles. The molecule has 0 heterocycles. The van der Waals surface area contributed by atoms with Gasteiger partial charge in [-0.3, -0.25) is 4.79 Å². The average molecular weight is 195 g/mol. The van der Waals surface area contributed by atoms with E-state index < -0.39 is 5.91 Å². The maximum Gasteiger partial charge on any atom is 0.252 e. The van der Waals surface area contributed by atoms with Crippen molar-refractivity contribution in [3.8, 4) is 5.75 Å². The Morgan fingerprint density at radius 2 is 2.29 bits per heavy atom. The predicted molar refractivity (Wildman–Crippen MR) is 52.3 cm³/mol. The number of nitrogens with two attached hydrogens (primary N) is 1. The van der Waals surface area contributed by atoms with E-state index in [4.69, 9.17) is 15.6 Å². The number of ether oxygens (including phenoxy) is 1. The van der Waals surface area contributed by atoms with Gasteiger partial charge in [-0.25, -0.2) is 0 Å². The number of rotatable bonds is 4. The minimum atomic E-state index is -0.526. The molecule has 0 aliphatic heterocycles. The van der Waals surface area contributed by atoms with Gasteiger partial charge in [0.15, 0.2) is 0 Å². The van der Waals surface area contributed by atoms with Crippen LogP contribution in [-0.2, 0) is 0 Å². The summed E-state index contributed by atoms with van der Waals surface area (Å²) in [6.45, 7) is 1.93. The number of amides is 1. The first-order valence-corrected chi connectivity index (χ1v) is 4.29. The molecule has 1 amide bonds. The molecule has 0 aliphatic rings. The van der Waals surface area contributed by atoms with Crippen molar-refractivity contribution in [2.75, 3.05) is 13.2 Å². The van der Waals surface area contributed by atoms with Crippen LogP contribution in [0.1, 0.15) is 15.9 Å². The van der Waals surface area contributed by atoms with Crippen molar-refractivity contribution in [1.82, 2.24) is 0 Å². The molecule has 0 aromatic heterocycles. The number of carbonyl (C=O) groups is 1. The Morgan fingerprint density at radius 1 is 1.57 bits per heavy atom. The minimum absolute atomic E-state index is 0.0912. The molecule has 0 spiro atoms. The molecule has 76 valence electrons. The highest BCUT2D eigenvalue weighted by Crippen LogP contribution is 2.19. The maximum atomic E-state index is 11.0. The molecule has 1 rings (SSSR count). The SMILES string of the molecule is Cc1ccc(OCCO)c(C(N)=O)c1. The molecule has 0 bridgehead atoms. The fourth-order valence-electron chi connectivity index (χ4n) is 1.12. The number of aliphatic hydroxyl groups excluding tert-OH is 1. The molecule has 1 aromatic carbocycles. The molecule has 14 heavy (non-hydrogen) atoms. The van der Waals surface area contributed by atoms with Crippen LogP contribution in [0.25, 0.3) is 0 Å². The van der Waals surface area contributed by atoms with Crippen LogP contribution in [0, 0.1) is 6.92 Å². The number of hydrogen-bond donors (Lipinski definition) is 2. The molecule has 0 unspecified atom stereocenters. The van der Waals surface area contributed by atoms with Crippen molar-refractivity contribution in [1.29, 1.82) is 0 Å². The van der Waals surface area contributed by atoms with Crippen LogP contribution >= 0.6 is 0 Å². The second kappa shape index (κ2) is 4.62. The molecule has 3 N–H and O–H groups in total. The lowest BCUT2D eigenvalue weighted by Gasteiger charge is -2.08. The van der Waals surface area contributed by atoms with Gasteiger partial charge in [-0.2, -0.15) is 0 Å². The third-order valence-corrected chi connectivity index (χ3v) is 1.75. The topological polar surface area (TPSA) is 72.6 Å².